The molecule has 1 saturated heterocycles. The fraction of sp³-hybridized carbons (Fsp3) is 0.607. The van der Waals surface area contributed by atoms with Gasteiger partial charge in [0.25, 0.3) is 0 Å². The molecule has 1 amide bonds. The second-order valence-corrected chi connectivity index (χ2v) is 10.8. The highest BCUT2D eigenvalue weighted by Gasteiger charge is 2.27. The van der Waals surface area contributed by atoms with E-state index in [1.807, 2.05) is 23.5 Å². The Balaban J connectivity index is 0.00000342. The molecule has 0 radical (unpaired) electrons. The first-order valence-electron chi connectivity index (χ1n) is 12.9. The Labute approximate surface area is 221 Å². The molecule has 0 saturated carbocycles. The van der Waals surface area contributed by atoms with E-state index in [1.54, 1.807) is 14.2 Å². The number of piperidine rings is 1. The maximum absolute atomic E-state index is 13.1. The number of carbonyl (C=O) groups is 1. The predicted octanol–water partition coefficient (Wildman–Crippen LogP) is 5.63. The van der Waals surface area contributed by atoms with Gasteiger partial charge in [-0.25, -0.2) is 0 Å². The van der Waals surface area contributed by atoms with E-state index in [0.717, 1.165) is 37.4 Å². The van der Waals surface area contributed by atoms with Gasteiger partial charge in [-0.05, 0) is 92.2 Å². The van der Waals surface area contributed by atoms with Gasteiger partial charge in [0.15, 0.2) is 11.5 Å². The summed E-state index contributed by atoms with van der Waals surface area (Å²) >= 11 is 1.88. The molecule has 1 atom stereocenters. The SMILES string of the molecule is COc1cc2c(cc1OC)CC(=O)N(CC1CCCN(CCCCCCc3cccs3)C1)CC2.Cl. The summed E-state index contributed by atoms with van der Waals surface area (Å²) in [6.45, 7) is 5.23. The average Bonchev–Trinajstić information content (AvgIpc) is 3.32. The van der Waals surface area contributed by atoms with Crippen molar-refractivity contribution in [3.8, 4) is 11.5 Å². The van der Waals surface area contributed by atoms with Crippen molar-refractivity contribution in [2.24, 2.45) is 5.92 Å². The Morgan fingerprint density at radius 1 is 1.03 bits per heavy atom. The minimum Gasteiger partial charge on any atom is -0.493 e. The zero-order chi connectivity index (χ0) is 23.8. The van der Waals surface area contributed by atoms with Crippen LogP contribution in [0.2, 0.25) is 0 Å². The Morgan fingerprint density at radius 2 is 1.80 bits per heavy atom. The molecule has 2 aromatic rings. The Kier molecular flexibility index (Phi) is 11.2. The van der Waals surface area contributed by atoms with Crippen LogP contribution >= 0.6 is 23.7 Å². The number of likely N-dealkylation sites (tertiary alicyclic amines) is 1. The van der Waals surface area contributed by atoms with Crippen LogP contribution in [0.5, 0.6) is 11.5 Å². The lowest BCUT2D eigenvalue weighted by Crippen LogP contribution is -2.43. The molecule has 1 aromatic heterocycles. The molecule has 0 aliphatic carbocycles. The van der Waals surface area contributed by atoms with Crippen molar-refractivity contribution in [2.75, 3.05) is 46.9 Å². The zero-order valence-electron chi connectivity index (χ0n) is 21.3. The van der Waals surface area contributed by atoms with Crippen molar-refractivity contribution in [1.82, 2.24) is 9.80 Å². The molecule has 7 heteroatoms. The first-order valence-corrected chi connectivity index (χ1v) is 13.8. The van der Waals surface area contributed by atoms with Gasteiger partial charge in [-0.15, -0.1) is 23.7 Å². The summed E-state index contributed by atoms with van der Waals surface area (Å²) in [6, 6.07) is 8.44. The summed E-state index contributed by atoms with van der Waals surface area (Å²) in [5.74, 6) is 2.28. The number of ether oxygens (including phenoxy) is 2. The number of unbranched alkanes of at least 4 members (excludes halogenated alkanes) is 3. The number of hydrogen-bond donors (Lipinski definition) is 0. The second-order valence-electron chi connectivity index (χ2n) is 9.79. The summed E-state index contributed by atoms with van der Waals surface area (Å²) < 4.78 is 10.9. The van der Waals surface area contributed by atoms with Crippen molar-refractivity contribution in [1.29, 1.82) is 0 Å². The normalized spacial score (nSPS) is 18.5. The number of nitrogens with zero attached hydrogens (tertiary/aromatic N) is 2. The Morgan fingerprint density at radius 3 is 2.54 bits per heavy atom. The molecule has 4 rings (SSSR count). The van der Waals surface area contributed by atoms with Gasteiger partial charge in [-0.3, -0.25) is 4.79 Å². The highest BCUT2D eigenvalue weighted by molar-refractivity contribution is 7.09. The lowest BCUT2D eigenvalue weighted by atomic mass is 9.96. The van der Waals surface area contributed by atoms with E-state index in [4.69, 9.17) is 9.47 Å². The molecule has 5 nitrogen and oxygen atoms in total. The Hall–Kier alpha value is -1.76. The summed E-state index contributed by atoms with van der Waals surface area (Å²) in [7, 11) is 3.31. The highest BCUT2D eigenvalue weighted by atomic mass is 35.5. The molecular formula is C28H41ClN2O3S. The van der Waals surface area contributed by atoms with E-state index in [9.17, 15) is 4.79 Å². The van der Waals surface area contributed by atoms with Crippen molar-refractivity contribution < 1.29 is 14.3 Å². The number of rotatable bonds is 11. The third kappa shape index (κ3) is 7.86. The van der Waals surface area contributed by atoms with Crippen LogP contribution < -0.4 is 9.47 Å². The summed E-state index contributed by atoms with van der Waals surface area (Å²) in [4.78, 5) is 19.3. The van der Waals surface area contributed by atoms with E-state index < -0.39 is 0 Å². The fourth-order valence-electron chi connectivity index (χ4n) is 5.47. The predicted molar refractivity (Wildman–Crippen MR) is 146 cm³/mol. The molecule has 194 valence electrons. The monoisotopic (exact) mass is 520 g/mol. The van der Waals surface area contributed by atoms with E-state index in [2.05, 4.69) is 27.3 Å². The van der Waals surface area contributed by atoms with Gasteiger partial charge in [0.05, 0.1) is 20.6 Å². The summed E-state index contributed by atoms with van der Waals surface area (Å²) in [6.07, 6.45) is 10.3. The number of fused-ring (bicyclic) bond motifs is 1. The molecule has 0 N–H and O–H groups in total. The largest absolute Gasteiger partial charge is 0.493 e. The van der Waals surface area contributed by atoms with E-state index in [-0.39, 0.29) is 18.3 Å². The van der Waals surface area contributed by atoms with Gasteiger partial charge in [0, 0.05) is 24.5 Å². The third-order valence-electron chi connectivity index (χ3n) is 7.36. The van der Waals surface area contributed by atoms with Crippen LogP contribution in [0.15, 0.2) is 29.6 Å². The van der Waals surface area contributed by atoms with Crippen LogP contribution in [0.3, 0.4) is 0 Å². The fourth-order valence-corrected chi connectivity index (χ4v) is 6.22. The molecule has 1 fully saturated rings. The van der Waals surface area contributed by atoms with Gasteiger partial charge in [-0.1, -0.05) is 18.9 Å². The quantitative estimate of drug-likeness (QED) is 0.360. The topological polar surface area (TPSA) is 42.0 Å². The number of carbonyl (C=O) groups excluding carboxylic acids is 1. The number of benzene rings is 1. The molecule has 3 heterocycles. The Bertz CT molecular complexity index is 921. The number of halogens is 1. The standard InChI is InChI=1S/C28H40N2O3S.ClH/c1-32-26-17-23-12-15-30(28(31)19-24(23)18-27(26)33-2)21-22-9-7-14-29(20-22)13-6-4-3-5-10-25-11-8-16-34-25;/h8,11,16-18,22H,3-7,9-10,12-15,19-21H2,1-2H3;1H. The van der Waals surface area contributed by atoms with Gasteiger partial charge >= 0.3 is 0 Å². The average molecular weight is 521 g/mol. The summed E-state index contributed by atoms with van der Waals surface area (Å²) in [5, 5.41) is 2.18. The summed E-state index contributed by atoms with van der Waals surface area (Å²) in [5.41, 5.74) is 2.28. The zero-order valence-corrected chi connectivity index (χ0v) is 22.9. The number of hydrogen-bond acceptors (Lipinski definition) is 5. The minimum absolute atomic E-state index is 0. The molecular weight excluding hydrogens is 480 g/mol. The van der Waals surface area contributed by atoms with Crippen LogP contribution in [0.4, 0.5) is 0 Å². The molecule has 1 aromatic carbocycles. The van der Waals surface area contributed by atoms with Crippen LogP contribution in [0, 0.1) is 5.92 Å². The minimum atomic E-state index is 0. The molecule has 2 aliphatic heterocycles. The maximum Gasteiger partial charge on any atom is 0.227 e. The van der Waals surface area contributed by atoms with Crippen molar-refractivity contribution >= 4 is 29.7 Å². The van der Waals surface area contributed by atoms with Gasteiger partial charge in [-0.2, -0.15) is 0 Å². The number of amides is 1. The van der Waals surface area contributed by atoms with Gasteiger partial charge < -0.3 is 19.3 Å². The number of thiophene rings is 1. The smallest absolute Gasteiger partial charge is 0.227 e. The third-order valence-corrected chi connectivity index (χ3v) is 8.30. The molecule has 2 aliphatic rings. The first kappa shape index (κ1) is 27.8. The molecule has 0 bridgehead atoms. The van der Waals surface area contributed by atoms with Crippen LogP contribution in [0.25, 0.3) is 0 Å². The van der Waals surface area contributed by atoms with Crippen LogP contribution in [-0.2, 0) is 24.1 Å². The van der Waals surface area contributed by atoms with Crippen molar-refractivity contribution in [3.05, 3.63) is 45.6 Å². The van der Waals surface area contributed by atoms with E-state index in [0.29, 0.717) is 18.1 Å². The maximum atomic E-state index is 13.1. The van der Waals surface area contributed by atoms with Crippen LogP contribution in [0.1, 0.15) is 54.5 Å². The van der Waals surface area contributed by atoms with Crippen molar-refractivity contribution in [3.63, 3.8) is 0 Å². The molecule has 0 spiro atoms. The van der Waals surface area contributed by atoms with E-state index >= 15 is 0 Å². The van der Waals surface area contributed by atoms with Crippen molar-refractivity contribution in [2.45, 2.75) is 57.8 Å². The molecule has 1 unspecified atom stereocenters. The lowest BCUT2D eigenvalue weighted by molar-refractivity contribution is -0.131. The first-order chi connectivity index (χ1) is 16.7. The van der Waals surface area contributed by atoms with Gasteiger partial charge in [0.1, 0.15) is 0 Å². The highest BCUT2D eigenvalue weighted by Crippen LogP contribution is 2.32. The number of aryl methyl sites for hydroxylation is 1. The molecule has 35 heavy (non-hydrogen) atoms. The van der Waals surface area contributed by atoms with E-state index in [1.165, 1.54) is 68.5 Å². The lowest BCUT2D eigenvalue weighted by Gasteiger charge is -2.35. The van der Waals surface area contributed by atoms with Gasteiger partial charge in [0.2, 0.25) is 5.91 Å². The second kappa shape index (κ2) is 14.1. The number of methoxy groups -OCH3 is 2. The van der Waals surface area contributed by atoms with Crippen LogP contribution in [-0.4, -0.2) is 62.7 Å².